The normalized spacial score (nSPS) is 11.0. The van der Waals surface area contributed by atoms with Crippen molar-refractivity contribution < 1.29 is 8.78 Å². The van der Waals surface area contributed by atoms with Gasteiger partial charge in [0.05, 0.1) is 0 Å². The maximum atomic E-state index is 13.8. The lowest BCUT2D eigenvalue weighted by Crippen LogP contribution is -2.27. The maximum Gasteiger partial charge on any atom is 0.149 e. The molecule has 4 heteroatoms. The van der Waals surface area contributed by atoms with Crippen molar-refractivity contribution in [3.8, 4) is 0 Å². The van der Waals surface area contributed by atoms with Gasteiger partial charge in [-0.2, -0.15) is 0 Å². The number of nitrogens with one attached hydrogen (secondary N) is 1. The Balaban J connectivity index is 3.02. The summed E-state index contributed by atoms with van der Waals surface area (Å²) in [7, 11) is 1.69. The smallest absolute Gasteiger partial charge is 0.149 e. The molecule has 0 heterocycles. The van der Waals surface area contributed by atoms with Crippen LogP contribution in [0, 0.1) is 11.6 Å². The zero-order valence-electron chi connectivity index (χ0n) is 10.8. The van der Waals surface area contributed by atoms with Crippen LogP contribution in [0.3, 0.4) is 0 Å². The van der Waals surface area contributed by atoms with E-state index in [4.69, 9.17) is 0 Å². The fourth-order valence-electron chi connectivity index (χ4n) is 1.58. The molecule has 1 N–H and O–H groups in total. The highest BCUT2D eigenvalue weighted by molar-refractivity contribution is 5.50. The summed E-state index contributed by atoms with van der Waals surface area (Å²) in [4.78, 5) is 1.60. The largest absolute Gasteiger partial charge is 0.367 e. The average molecular weight is 242 g/mol. The molecular formula is C13H20F2N2. The molecule has 96 valence electrons. The first-order valence-electron chi connectivity index (χ1n) is 5.88. The second-order valence-corrected chi connectivity index (χ2v) is 4.39. The van der Waals surface area contributed by atoms with Gasteiger partial charge in [-0.1, -0.05) is 6.92 Å². The van der Waals surface area contributed by atoms with Gasteiger partial charge in [-0.25, -0.2) is 8.78 Å². The first-order valence-corrected chi connectivity index (χ1v) is 5.88. The molecule has 0 amide bonds. The van der Waals surface area contributed by atoms with Crippen LogP contribution in [0.2, 0.25) is 0 Å². The Bertz CT molecular complexity index is 355. The monoisotopic (exact) mass is 242 g/mol. The topological polar surface area (TPSA) is 15.3 Å². The van der Waals surface area contributed by atoms with E-state index in [0.29, 0.717) is 12.1 Å². The van der Waals surface area contributed by atoms with Crippen LogP contribution in [0.25, 0.3) is 0 Å². The van der Waals surface area contributed by atoms with Crippen molar-refractivity contribution in [2.24, 2.45) is 0 Å². The minimum atomic E-state index is -0.505. The number of halogens is 2. The molecule has 1 rings (SSSR count). The van der Waals surface area contributed by atoms with Crippen LogP contribution in [0.15, 0.2) is 12.1 Å². The number of anilines is 1. The molecule has 0 unspecified atom stereocenters. The molecule has 1 aromatic carbocycles. The molecule has 0 spiro atoms. The van der Waals surface area contributed by atoms with Gasteiger partial charge in [-0.15, -0.1) is 0 Å². The van der Waals surface area contributed by atoms with Gasteiger partial charge in [0.2, 0.25) is 0 Å². The Morgan fingerprint density at radius 2 is 1.76 bits per heavy atom. The third-order valence-corrected chi connectivity index (χ3v) is 2.78. The van der Waals surface area contributed by atoms with E-state index in [1.54, 1.807) is 11.9 Å². The Hall–Kier alpha value is -1.16. The number of hydrogen-bond acceptors (Lipinski definition) is 2. The first kappa shape index (κ1) is 13.9. The van der Waals surface area contributed by atoms with Crippen LogP contribution in [-0.2, 0) is 6.54 Å². The van der Waals surface area contributed by atoms with Crippen molar-refractivity contribution in [2.45, 2.75) is 33.4 Å². The van der Waals surface area contributed by atoms with Crippen molar-refractivity contribution in [1.29, 1.82) is 0 Å². The highest BCUT2D eigenvalue weighted by Crippen LogP contribution is 2.25. The minimum absolute atomic E-state index is 0.0419. The molecule has 0 atom stereocenters. The molecule has 0 fully saturated rings. The third-order valence-electron chi connectivity index (χ3n) is 2.78. The van der Waals surface area contributed by atoms with Crippen LogP contribution in [0.5, 0.6) is 0 Å². The molecule has 0 aromatic heterocycles. The van der Waals surface area contributed by atoms with E-state index < -0.39 is 11.6 Å². The van der Waals surface area contributed by atoms with E-state index in [2.05, 4.69) is 5.32 Å². The molecular weight excluding hydrogens is 222 g/mol. The van der Waals surface area contributed by atoms with Crippen molar-refractivity contribution in [1.82, 2.24) is 5.32 Å². The Labute approximate surface area is 102 Å². The molecule has 0 radical (unpaired) electrons. The van der Waals surface area contributed by atoms with Gasteiger partial charge in [-0.05, 0) is 38.1 Å². The zero-order valence-corrected chi connectivity index (χ0v) is 10.8. The molecule has 0 bridgehead atoms. The lowest BCUT2D eigenvalue weighted by Gasteiger charge is -2.25. The van der Waals surface area contributed by atoms with E-state index in [-0.39, 0.29) is 11.7 Å². The van der Waals surface area contributed by atoms with Gasteiger partial charge in [-0.3, -0.25) is 0 Å². The van der Waals surface area contributed by atoms with E-state index in [9.17, 15) is 8.78 Å². The number of benzene rings is 1. The van der Waals surface area contributed by atoms with Crippen molar-refractivity contribution in [3.05, 3.63) is 29.3 Å². The van der Waals surface area contributed by atoms with Crippen LogP contribution in [0.1, 0.15) is 26.3 Å². The van der Waals surface area contributed by atoms with E-state index in [0.717, 1.165) is 6.54 Å². The Morgan fingerprint density at radius 1 is 1.24 bits per heavy atom. The van der Waals surface area contributed by atoms with Gasteiger partial charge < -0.3 is 10.2 Å². The van der Waals surface area contributed by atoms with Crippen molar-refractivity contribution in [3.63, 3.8) is 0 Å². The average Bonchev–Trinajstić information content (AvgIpc) is 2.25. The summed E-state index contributed by atoms with van der Waals surface area (Å²) in [5.74, 6) is -1.01. The second kappa shape index (κ2) is 5.96. The summed E-state index contributed by atoms with van der Waals surface area (Å²) < 4.78 is 27.7. The molecule has 17 heavy (non-hydrogen) atoms. The van der Waals surface area contributed by atoms with Gasteiger partial charge in [0, 0.05) is 19.6 Å². The SMILES string of the molecule is CCNCc1cc(F)c(N(C)C(C)C)c(F)c1. The maximum absolute atomic E-state index is 13.8. The van der Waals surface area contributed by atoms with Gasteiger partial charge >= 0.3 is 0 Å². The van der Waals surface area contributed by atoms with Crippen molar-refractivity contribution >= 4 is 5.69 Å². The summed E-state index contributed by atoms with van der Waals surface area (Å²) in [6, 6.07) is 2.83. The third kappa shape index (κ3) is 3.40. The lowest BCUT2D eigenvalue weighted by atomic mass is 10.1. The molecule has 0 aliphatic heterocycles. The van der Waals surface area contributed by atoms with Gasteiger partial charge in [0.1, 0.15) is 17.3 Å². The van der Waals surface area contributed by atoms with Gasteiger partial charge in [0.15, 0.2) is 0 Å². The predicted octanol–water partition coefficient (Wildman–Crippen LogP) is 2.92. The minimum Gasteiger partial charge on any atom is -0.367 e. The molecule has 1 aromatic rings. The highest BCUT2D eigenvalue weighted by atomic mass is 19.1. The fraction of sp³-hybridized carbons (Fsp3) is 0.538. The zero-order chi connectivity index (χ0) is 13.0. The standard InChI is InChI=1S/C13H20F2N2/c1-5-16-8-10-6-11(14)13(12(15)7-10)17(4)9(2)3/h6-7,9,16H,5,8H2,1-4H3. The quantitative estimate of drug-likeness (QED) is 0.854. The molecule has 0 aliphatic carbocycles. The summed E-state index contributed by atoms with van der Waals surface area (Å²) in [6.45, 7) is 7.00. The summed E-state index contributed by atoms with van der Waals surface area (Å²) in [5, 5.41) is 3.04. The van der Waals surface area contributed by atoms with Crippen LogP contribution < -0.4 is 10.2 Å². The molecule has 0 aliphatic rings. The Morgan fingerprint density at radius 3 is 2.18 bits per heavy atom. The van der Waals surface area contributed by atoms with Crippen molar-refractivity contribution in [2.75, 3.05) is 18.5 Å². The molecule has 2 nitrogen and oxygen atoms in total. The summed E-state index contributed by atoms with van der Waals surface area (Å²) in [6.07, 6.45) is 0. The second-order valence-electron chi connectivity index (χ2n) is 4.39. The summed E-state index contributed by atoms with van der Waals surface area (Å²) in [5.41, 5.74) is 0.669. The van der Waals surface area contributed by atoms with Crippen LogP contribution in [-0.4, -0.2) is 19.6 Å². The molecule has 0 saturated carbocycles. The summed E-state index contributed by atoms with van der Waals surface area (Å²) >= 11 is 0. The number of hydrogen-bond donors (Lipinski definition) is 1. The van der Waals surface area contributed by atoms with E-state index in [1.807, 2.05) is 20.8 Å². The van der Waals surface area contributed by atoms with Crippen LogP contribution in [0.4, 0.5) is 14.5 Å². The van der Waals surface area contributed by atoms with E-state index >= 15 is 0 Å². The number of rotatable bonds is 5. The van der Waals surface area contributed by atoms with Crippen LogP contribution >= 0.6 is 0 Å². The lowest BCUT2D eigenvalue weighted by molar-refractivity contribution is 0.562. The highest BCUT2D eigenvalue weighted by Gasteiger charge is 2.16. The van der Waals surface area contributed by atoms with E-state index in [1.165, 1.54) is 12.1 Å². The molecule has 0 saturated heterocycles. The first-order chi connectivity index (χ1) is 7.97. The Kier molecular flexibility index (Phi) is 4.87. The fourth-order valence-corrected chi connectivity index (χ4v) is 1.58. The predicted molar refractivity (Wildman–Crippen MR) is 67.3 cm³/mol. The number of nitrogens with zero attached hydrogens (tertiary/aromatic N) is 1. The van der Waals surface area contributed by atoms with Gasteiger partial charge in [0.25, 0.3) is 0 Å².